The van der Waals surface area contributed by atoms with Crippen molar-refractivity contribution < 1.29 is 4.79 Å². The molecule has 0 aliphatic heterocycles. The lowest BCUT2D eigenvalue weighted by Crippen LogP contribution is -2.29. The molecule has 0 saturated carbocycles. The van der Waals surface area contributed by atoms with Crippen LogP contribution in [-0.2, 0) is 0 Å². The van der Waals surface area contributed by atoms with Crippen molar-refractivity contribution in [3.05, 3.63) is 101 Å². The van der Waals surface area contributed by atoms with Crippen LogP contribution < -0.4 is 5.32 Å². The van der Waals surface area contributed by atoms with Gasteiger partial charge < -0.3 is 5.32 Å². The first-order valence-electron chi connectivity index (χ1n) is 7.57. The van der Waals surface area contributed by atoms with Gasteiger partial charge in [-0.1, -0.05) is 60.7 Å². The van der Waals surface area contributed by atoms with Gasteiger partial charge in [0.25, 0.3) is 5.91 Å². The van der Waals surface area contributed by atoms with Crippen LogP contribution in [-0.4, -0.2) is 10.9 Å². The standard InChI is InChI=1S/C20H18N2O/c1-15-14-18(12-13-21-15)20(23)22-19(16-8-4-2-5-9-16)17-10-6-3-7-11-17/h2-14,19H,1H3,(H,22,23). The van der Waals surface area contributed by atoms with E-state index >= 15 is 0 Å². The molecule has 0 bridgehead atoms. The predicted octanol–water partition coefficient (Wildman–Crippen LogP) is 3.91. The van der Waals surface area contributed by atoms with Crippen LogP contribution in [0.4, 0.5) is 0 Å². The fraction of sp³-hybridized carbons (Fsp3) is 0.100. The monoisotopic (exact) mass is 302 g/mol. The zero-order chi connectivity index (χ0) is 16.1. The first-order valence-corrected chi connectivity index (χ1v) is 7.57. The molecule has 1 heterocycles. The van der Waals surface area contributed by atoms with Crippen LogP contribution >= 0.6 is 0 Å². The molecule has 3 aromatic rings. The molecule has 0 radical (unpaired) electrons. The summed E-state index contributed by atoms with van der Waals surface area (Å²) in [5.41, 5.74) is 3.55. The molecule has 114 valence electrons. The van der Waals surface area contributed by atoms with Gasteiger partial charge in [0, 0.05) is 17.5 Å². The molecule has 3 heteroatoms. The number of carbonyl (C=O) groups excluding carboxylic acids is 1. The van der Waals surface area contributed by atoms with Crippen molar-refractivity contribution in [2.75, 3.05) is 0 Å². The van der Waals surface area contributed by atoms with E-state index < -0.39 is 0 Å². The first kappa shape index (κ1) is 15.0. The van der Waals surface area contributed by atoms with E-state index in [2.05, 4.69) is 10.3 Å². The summed E-state index contributed by atoms with van der Waals surface area (Å²) in [4.78, 5) is 16.8. The lowest BCUT2D eigenvalue weighted by Gasteiger charge is -2.20. The fourth-order valence-corrected chi connectivity index (χ4v) is 2.55. The highest BCUT2D eigenvalue weighted by Gasteiger charge is 2.17. The number of aromatic nitrogens is 1. The van der Waals surface area contributed by atoms with E-state index in [9.17, 15) is 4.79 Å². The Hall–Kier alpha value is -2.94. The highest BCUT2D eigenvalue weighted by molar-refractivity contribution is 5.94. The zero-order valence-electron chi connectivity index (χ0n) is 12.9. The Morgan fingerprint density at radius 2 is 1.48 bits per heavy atom. The van der Waals surface area contributed by atoms with Gasteiger partial charge in [-0.05, 0) is 30.2 Å². The molecule has 3 nitrogen and oxygen atoms in total. The molecule has 0 saturated heterocycles. The topological polar surface area (TPSA) is 42.0 Å². The predicted molar refractivity (Wildman–Crippen MR) is 91.2 cm³/mol. The van der Waals surface area contributed by atoms with Gasteiger partial charge in [-0.3, -0.25) is 9.78 Å². The maximum absolute atomic E-state index is 12.6. The van der Waals surface area contributed by atoms with Crippen molar-refractivity contribution in [3.8, 4) is 0 Å². The Kier molecular flexibility index (Phi) is 4.48. The van der Waals surface area contributed by atoms with Crippen LogP contribution in [0, 0.1) is 6.92 Å². The molecule has 1 N–H and O–H groups in total. The number of pyridine rings is 1. The molecule has 23 heavy (non-hydrogen) atoms. The largest absolute Gasteiger partial charge is 0.341 e. The summed E-state index contributed by atoms with van der Waals surface area (Å²) >= 11 is 0. The van der Waals surface area contributed by atoms with Crippen molar-refractivity contribution in [3.63, 3.8) is 0 Å². The molecular weight excluding hydrogens is 284 g/mol. The molecule has 0 atom stereocenters. The van der Waals surface area contributed by atoms with Crippen LogP contribution in [0.3, 0.4) is 0 Å². The molecule has 0 aliphatic rings. The molecule has 0 unspecified atom stereocenters. The average molecular weight is 302 g/mol. The molecule has 3 rings (SSSR count). The van der Waals surface area contributed by atoms with Gasteiger partial charge in [-0.2, -0.15) is 0 Å². The van der Waals surface area contributed by atoms with Gasteiger partial charge in [0.1, 0.15) is 0 Å². The minimum Gasteiger partial charge on any atom is -0.341 e. The Balaban J connectivity index is 1.92. The number of hydrogen-bond acceptors (Lipinski definition) is 2. The number of benzene rings is 2. The minimum absolute atomic E-state index is 0.104. The number of nitrogens with zero attached hydrogens (tertiary/aromatic N) is 1. The molecule has 0 spiro atoms. The number of nitrogens with one attached hydrogen (secondary N) is 1. The van der Waals surface area contributed by atoms with E-state index in [1.807, 2.05) is 67.6 Å². The Bertz CT molecular complexity index is 746. The lowest BCUT2D eigenvalue weighted by molar-refractivity contribution is 0.0942. The third-order valence-electron chi connectivity index (χ3n) is 3.70. The maximum Gasteiger partial charge on any atom is 0.252 e. The van der Waals surface area contributed by atoms with Crippen LogP contribution in [0.15, 0.2) is 79.0 Å². The molecule has 0 fully saturated rings. The van der Waals surface area contributed by atoms with Gasteiger partial charge >= 0.3 is 0 Å². The zero-order valence-corrected chi connectivity index (χ0v) is 12.9. The van der Waals surface area contributed by atoms with Gasteiger partial charge in [0.2, 0.25) is 0 Å². The highest BCUT2D eigenvalue weighted by atomic mass is 16.1. The third kappa shape index (κ3) is 3.64. The Labute approximate surface area is 136 Å². The summed E-state index contributed by atoms with van der Waals surface area (Å²) in [6.07, 6.45) is 1.66. The van der Waals surface area contributed by atoms with Crippen molar-refractivity contribution in [1.29, 1.82) is 0 Å². The van der Waals surface area contributed by atoms with Crippen LogP contribution in [0.2, 0.25) is 0 Å². The quantitative estimate of drug-likeness (QED) is 0.794. The van der Waals surface area contributed by atoms with Crippen molar-refractivity contribution >= 4 is 5.91 Å². The summed E-state index contributed by atoms with van der Waals surface area (Å²) in [7, 11) is 0. The van der Waals surface area contributed by atoms with Crippen molar-refractivity contribution in [2.45, 2.75) is 13.0 Å². The molecule has 2 aromatic carbocycles. The number of amides is 1. The highest BCUT2D eigenvalue weighted by Crippen LogP contribution is 2.22. The second-order valence-corrected chi connectivity index (χ2v) is 5.41. The second kappa shape index (κ2) is 6.88. The Morgan fingerprint density at radius 3 is 2.00 bits per heavy atom. The van der Waals surface area contributed by atoms with E-state index in [0.717, 1.165) is 16.8 Å². The molecular formula is C20H18N2O. The molecule has 1 aromatic heterocycles. The number of carbonyl (C=O) groups is 1. The van der Waals surface area contributed by atoms with Gasteiger partial charge in [-0.15, -0.1) is 0 Å². The van der Waals surface area contributed by atoms with E-state index in [1.165, 1.54) is 0 Å². The summed E-state index contributed by atoms with van der Waals surface area (Å²) in [5, 5.41) is 3.13. The Morgan fingerprint density at radius 1 is 0.913 bits per heavy atom. The summed E-state index contributed by atoms with van der Waals surface area (Å²) in [6.45, 7) is 1.88. The maximum atomic E-state index is 12.6. The summed E-state index contributed by atoms with van der Waals surface area (Å²) in [5.74, 6) is -0.104. The second-order valence-electron chi connectivity index (χ2n) is 5.41. The average Bonchev–Trinajstić information content (AvgIpc) is 2.61. The van der Waals surface area contributed by atoms with Crippen LogP contribution in [0.25, 0.3) is 0 Å². The molecule has 1 amide bonds. The number of aryl methyl sites for hydroxylation is 1. The molecule has 0 aliphatic carbocycles. The summed E-state index contributed by atoms with van der Waals surface area (Å²) < 4.78 is 0. The van der Waals surface area contributed by atoms with E-state index in [1.54, 1.807) is 18.3 Å². The fourth-order valence-electron chi connectivity index (χ4n) is 2.55. The van der Waals surface area contributed by atoms with Gasteiger partial charge in [-0.25, -0.2) is 0 Å². The van der Waals surface area contributed by atoms with Gasteiger partial charge in [0.15, 0.2) is 0 Å². The third-order valence-corrected chi connectivity index (χ3v) is 3.70. The minimum atomic E-state index is -0.182. The SMILES string of the molecule is Cc1cc(C(=O)NC(c2ccccc2)c2ccccc2)ccn1. The van der Waals surface area contributed by atoms with Gasteiger partial charge in [0.05, 0.1) is 6.04 Å². The van der Waals surface area contributed by atoms with Crippen LogP contribution in [0.5, 0.6) is 0 Å². The van der Waals surface area contributed by atoms with E-state index in [0.29, 0.717) is 5.56 Å². The van der Waals surface area contributed by atoms with Crippen LogP contribution in [0.1, 0.15) is 33.2 Å². The normalized spacial score (nSPS) is 10.5. The lowest BCUT2D eigenvalue weighted by atomic mass is 9.98. The first-order chi connectivity index (χ1) is 11.2. The van der Waals surface area contributed by atoms with E-state index in [4.69, 9.17) is 0 Å². The van der Waals surface area contributed by atoms with Crippen molar-refractivity contribution in [1.82, 2.24) is 10.3 Å². The number of hydrogen-bond donors (Lipinski definition) is 1. The smallest absolute Gasteiger partial charge is 0.252 e. The van der Waals surface area contributed by atoms with E-state index in [-0.39, 0.29) is 11.9 Å². The number of rotatable bonds is 4. The summed E-state index contributed by atoms with van der Waals surface area (Å²) in [6, 6.07) is 23.3. The van der Waals surface area contributed by atoms with Crippen molar-refractivity contribution in [2.24, 2.45) is 0 Å².